The molecule has 0 saturated carbocycles. The van der Waals surface area contributed by atoms with Crippen molar-refractivity contribution in [3.63, 3.8) is 0 Å². The number of hydrogen-bond acceptors (Lipinski definition) is 4. The fourth-order valence-corrected chi connectivity index (χ4v) is 2.73. The van der Waals surface area contributed by atoms with E-state index >= 15 is 0 Å². The third-order valence-electron chi connectivity index (χ3n) is 2.53. The topological polar surface area (TPSA) is 42.9 Å². The first-order chi connectivity index (χ1) is 8.74. The number of nitrogens with zero attached hydrogens (tertiary/aromatic N) is 2. The van der Waals surface area contributed by atoms with Crippen LogP contribution in [0.1, 0.15) is 15.2 Å². The number of rotatable bonds is 2. The van der Waals surface area contributed by atoms with Gasteiger partial charge in [-0.05, 0) is 23.6 Å². The van der Waals surface area contributed by atoms with Crippen LogP contribution in [0.2, 0.25) is 0 Å². The van der Waals surface area contributed by atoms with Crippen molar-refractivity contribution in [3.05, 3.63) is 59.2 Å². The molecule has 2 heterocycles. The van der Waals surface area contributed by atoms with Crippen LogP contribution >= 0.6 is 11.3 Å². The van der Waals surface area contributed by atoms with Crippen LogP contribution in [0.5, 0.6) is 0 Å². The Bertz CT molecular complexity index is 724. The number of benzene rings is 1. The zero-order chi connectivity index (χ0) is 12.5. The number of aromatic nitrogens is 2. The van der Waals surface area contributed by atoms with Gasteiger partial charge in [-0.2, -0.15) is 0 Å². The maximum Gasteiger partial charge on any atom is 0.206 e. The first kappa shape index (κ1) is 11.0. The minimum Gasteiger partial charge on any atom is -0.288 e. The number of carbonyl (C=O) groups excluding carboxylic acids is 1. The van der Waals surface area contributed by atoms with Crippen LogP contribution in [0.25, 0.3) is 10.1 Å². The Morgan fingerprint density at radius 3 is 2.72 bits per heavy atom. The standard InChI is InChI=1S/C13H7FN2OS/c14-10-2-1-8-3-12(18-11(8)4-10)13(17)9-5-15-7-16-6-9/h1-7H. The summed E-state index contributed by atoms with van der Waals surface area (Å²) in [6, 6.07) is 6.24. The molecule has 3 aromatic rings. The average Bonchev–Trinajstić information content (AvgIpc) is 2.81. The zero-order valence-electron chi connectivity index (χ0n) is 9.13. The predicted octanol–water partition coefficient (Wildman–Crippen LogP) is 3.06. The Balaban J connectivity index is 2.07. The van der Waals surface area contributed by atoms with E-state index in [0.717, 1.165) is 10.1 Å². The van der Waals surface area contributed by atoms with Crippen LogP contribution in [0.3, 0.4) is 0 Å². The smallest absolute Gasteiger partial charge is 0.206 e. The molecule has 88 valence electrons. The van der Waals surface area contributed by atoms with Gasteiger partial charge in [-0.15, -0.1) is 11.3 Å². The van der Waals surface area contributed by atoms with E-state index in [4.69, 9.17) is 0 Å². The highest BCUT2D eigenvalue weighted by Gasteiger charge is 2.13. The summed E-state index contributed by atoms with van der Waals surface area (Å²) < 4.78 is 13.8. The molecule has 0 atom stereocenters. The molecule has 0 aliphatic rings. The normalized spacial score (nSPS) is 10.7. The lowest BCUT2D eigenvalue weighted by molar-refractivity contribution is 0.104. The molecule has 0 radical (unpaired) electrons. The minimum absolute atomic E-state index is 0.141. The zero-order valence-corrected chi connectivity index (χ0v) is 9.95. The van der Waals surface area contributed by atoms with E-state index in [1.165, 1.54) is 42.2 Å². The molecule has 0 fully saturated rings. The third kappa shape index (κ3) is 1.89. The Morgan fingerprint density at radius 1 is 1.17 bits per heavy atom. The summed E-state index contributed by atoms with van der Waals surface area (Å²) in [6.07, 6.45) is 4.32. The van der Waals surface area contributed by atoms with Gasteiger partial charge >= 0.3 is 0 Å². The Kier molecular flexibility index (Phi) is 2.60. The molecule has 0 spiro atoms. The van der Waals surface area contributed by atoms with Gasteiger partial charge in [0, 0.05) is 17.1 Å². The van der Waals surface area contributed by atoms with Crippen molar-refractivity contribution in [2.24, 2.45) is 0 Å². The summed E-state index contributed by atoms with van der Waals surface area (Å²) in [7, 11) is 0. The molecule has 18 heavy (non-hydrogen) atoms. The van der Waals surface area contributed by atoms with Gasteiger partial charge in [0.15, 0.2) is 0 Å². The molecule has 0 aliphatic heterocycles. The lowest BCUT2D eigenvalue weighted by atomic mass is 10.1. The highest BCUT2D eigenvalue weighted by Crippen LogP contribution is 2.27. The molecule has 2 aromatic heterocycles. The molecule has 0 saturated heterocycles. The van der Waals surface area contributed by atoms with E-state index in [-0.39, 0.29) is 11.6 Å². The summed E-state index contributed by atoms with van der Waals surface area (Å²) in [6.45, 7) is 0. The maximum absolute atomic E-state index is 13.1. The monoisotopic (exact) mass is 258 g/mol. The molecular formula is C13H7FN2OS. The van der Waals surface area contributed by atoms with Gasteiger partial charge in [0.1, 0.15) is 12.1 Å². The first-order valence-corrected chi connectivity index (χ1v) is 6.04. The molecule has 0 aliphatic carbocycles. The molecule has 0 amide bonds. The molecule has 0 N–H and O–H groups in total. The number of halogens is 1. The average molecular weight is 258 g/mol. The van der Waals surface area contributed by atoms with E-state index in [0.29, 0.717) is 10.4 Å². The highest BCUT2D eigenvalue weighted by atomic mass is 32.1. The largest absolute Gasteiger partial charge is 0.288 e. The fourth-order valence-electron chi connectivity index (χ4n) is 1.68. The van der Waals surface area contributed by atoms with Crippen LogP contribution in [0.15, 0.2) is 43.0 Å². The molecule has 5 heteroatoms. The number of carbonyl (C=O) groups is 1. The van der Waals surface area contributed by atoms with Crippen molar-refractivity contribution in [1.29, 1.82) is 0 Å². The molecule has 3 nitrogen and oxygen atoms in total. The van der Waals surface area contributed by atoms with Crippen LogP contribution in [0, 0.1) is 5.82 Å². The lowest BCUT2D eigenvalue weighted by Gasteiger charge is -1.94. The van der Waals surface area contributed by atoms with E-state index in [1.54, 1.807) is 12.1 Å². The maximum atomic E-state index is 13.1. The number of fused-ring (bicyclic) bond motifs is 1. The van der Waals surface area contributed by atoms with Gasteiger partial charge in [-0.25, -0.2) is 14.4 Å². The van der Waals surface area contributed by atoms with E-state index in [9.17, 15) is 9.18 Å². The Hall–Kier alpha value is -2.14. The summed E-state index contributed by atoms with van der Waals surface area (Å²) >= 11 is 1.27. The number of hydrogen-bond donors (Lipinski definition) is 0. The molecule has 0 unspecified atom stereocenters. The lowest BCUT2D eigenvalue weighted by Crippen LogP contribution is -1.99. The van der Waals surface area contributed by atoms with Gasteiger partial charge in [-0.1, -0.05) is 6.07 Å². The van der Waals surface area contributed by atoms with Crippen molar-refractivity contribution in [2.75, 3.05) is 0 Å². The molecule has 3 rings (SSSR count). The predicted molar refractivity (Wildman–Crippen MR) is 67.2 cm³/mol. The van der Waals surface area contributed by atoms with Crippen LogP contribution < -0.4 is 0 Å². The quantitative estimate of drug-likeness (QED) is 0.663. The van der Waals surface area contributed by atoms with Crippen molar-refractivity contribution < 1.29 is 9.18 Å². The highest BCUT2D eigenvalue weighted by molar-refractivity contribution is 7.21. The SMILES string of the molecule is O=C(c1cncnc1)c1cc2ccc(F)cc2s1. The number of ketones is 1. The second-order valence-electron chi connectivity index (χ2n) is 3.75. The Labute approximate surface area is 106 Å². The van der Waals surface area contributed by atoms with Gasteiger partial charge in [0.25, 0.3) is 0 Å². The van der Waals surface area contributed by atoms with E-state index in [1.807, 2.05) is 0 Å². The molecule has 0 bridgehead atoms. The Morgan fingerprint density at radius 2 is 1.94 bits per heavy atom. The number of thiophene rings is 1. The van der Waals surface area contributed by atoms with Crippen molar-refractivity contribution >= 4 is 27.2 Å². The van der Waals surface area contributed by atoms with E-state index in [2.05, 4.69) is 9.97 Å². The van der Waals surface area contributed by atoms with Gasteiger partial charge in [-0.3, -0.25) is 4.79 Å². The second-order valence-corrected chi connectivity index (χ2v) is 4.83. The molecule has 1 aromatic carbocycles. The van der Waals surface area contributed by atoms with Gasteiger partial charge in [0.2, 0.25) is 5.78 Å². The van der Waals surface area contributed by atoms with Crippen molar-refractivity contribution in [1.82, 2.24) is 9.97 Å². The van der Waals surface area contributed by atoms with E-state index < -0.39 is 0 Å². The van der Waals surface area contributed by atoms with Crippen molar-refractivity contribution in [2.45, 2.75) is 0 Å². The summed E-state index contributed by atoms with van der Waals surface area (Å²) in [5.74, 6) is -0.441. The van der Waals surface area contributed by atoms with Gasteiger partial charge in [0.05, 0.1) is 10.4 Å². The second kappa shape index (κ2) is 4.27. The van der Waals surface area contributed by atoms with Crippen LogP contribution in [-0.2, 0) is 0 Å². The fraction of sp³-hybridized carbons (Fsp3) is 0. The molecular weight excluding hydrogens is 251 g/mol. The third-order valence-corrected chi connectivity index (χ3v) is 3.63. The van der Waals surface area contributed by atoms with Crippen molar-refractivity contribution in [3.8, 4) is 0 Å². The summed E-state index contributed by atoms with van der Waals surface area (Å²) in [4.78, 5) is 20.3. The van der Waals surface area contributed by atoms with Crippen LogP contribution in [0.4, 0.5) is 4.39 Å². The summed E-state index contributed by atoms with van der Waals surface area (Å²) in [5, 5.41) is 0.863. The first-order valence-electron chi connectivity index (χ1n) is 5.23. The summed E-state index contributed by atoms with van der Waals surface area (Å²) in [5.41, 5.74) is 0.435. The van der Waals surface area contributed by atoms with Crippen LogP contribution in [-0.4, -0.2) is 15.8 Å². The van der Waals surface area contributed by atoms with Gasteiger partial charge < -0.3 is 0 Å². The minimum atomic E-state index is -0.300.